The molecule has 160 valence electrons. The number of likely N-dealkylation sites (N-methyl/N-ethyl adjacent to an activating group) is 1. The summed E-state index contributed by atoms with van der Waals surface area (Å²) in [6.45, 7) is 1.69. The zero-order chi connectivity index (χ0) is 20.8. The summed E-state index contributed by atoms with van der Waals surface area (Å²) in [4.78, 5) is 15.6. The van der Waals surface area contributed by atoms with E-state index in [-0.39, 0.29) is 31.4 Å². The Labute approximate surface area is 166 Å². The van der Waals surface area contributed by atoms with Crippen LogP contribution in [0, 0.1) is 11.7 Å². The Kier molecular flexibility index (Phi) is 5.43. The zero-order valence-corrected chi connectivity index (χ0v) is 16.1. The lowest BCUT2D eigenvalue weighted by Crippen LogP contribution is -2.63. The summed E-state index contributed by atoms with van der Waals surface area (Å²) >= 11 is 0. The minimum atomic E-state index is -4.65. The van der Waals surface area contributed by atoms with E-state index in [1.165, 1.54) is 6.07 Å². The Morgan fingerprint density at radius 2 is 1.97 bits per heavy atom. The molecular weight excluding hydrogens is 392 g/mol. The summed E-state index contributed by atoms with van der Waals surface area (Å²) in [5, 5.41) is 0. The van der Waals surface area contributed by atoms with Crippen molar-refractivity contribution in [3.63, 3.8) is 0 Å². The summed E-state index contributed by atoms with van der Waals surface area (Å²) < 4.78 is 60.5. The van der Waals surface area contributed by atoms with E-state index in [1.807, 2.05) is 7.05 Å². The molecule has 0 aliphatic carbocycles. The van der Waals surface area contributed by atoms with E-state index in [4.69, 9.17) is 4.74 Å². The van der Waals surface area contributed by atoms with E-state index in [2.05, 4.69) is 15.8 Å². The lowest BCUT2D eigenvalue weighted by Gasteiger charge is -2.38. The molecule has 1 aromatic rings. The number of amides is 1. The summed E-state index contributed by atoms with van der Waals surface area (Å²) in [6.07, 6.45) is -2.58. The van der Waals surface area contributed by atoms with Crippen LogP contribution < -0.4 is 15.6 Å². The molecule has 10 heteroatoms. The molecule has 0 saturated carbocycles. The van der Waals surface area contributed by atoms with E-state index >= 15 is 0 Å². The van der Waals surface area contributed by atoms with Gasteiger partial charge in [-0.15, -0.1) is 0 Å². The maximum atomic E-state index is 14.5. The molecule has 3 aliphatic heterocycles. The van der Waals surface area contributed by atoms with Gasteiger partial charge >= 0.3 is 6.18 Å². The molecule has 4 rings (SSSR count). The predicted molar refractivity (Wildman–Crippen MR) is 96.3 cm³/mol. The van der Waals surface area contributed by atoms with Crippen LogP contribution in [0.3, 0.4) is 0 Å². The minimum absolute atomic E-state index is 0.0379. The number of ether oxygens (including phenoxy) is 1. The highest BCUT2D eigenvalue weighted by molar-refractivity contribution is 5.80. The third-order valence-electron chi connectivity index (χ3n) is 6.12. The third-order valence-corrected chi connectivity index (χ3v) is 6.12. The highest BCUT2D eigenvalue weighted by Gasteiger charge is 2.53. The second-order valence-electron chi connectivity index (χ2n) is 8.00. The number of alkyl halides is 3. The van der Waals surface area contributed by atoms with Gasteiger partial charge in [0, 0.05) is 31.7 Å². The van der Waals surface area contributed by atoms with E-state index in [1.54, 1.807) is 11.0 Å². The molecule has 0 bridgehead atoms. The van der Waals surface area contributed by atoms with Crippen molar-refractivity contribution in [3.05, 3.63) is 29.1 Å². The van der Waals surface area contributed by atoms with Crippen LogP contribution >= 0.6 is 0 Å². The number of hydrazine groups is 1. The van der Waals surface area contributed by atoms with Crippen molar-refractivity contribution in [2.45, 2.75) is 44.2 Å². The molecule has 0 spiro atoms. The number of hydrogen-bond acceptors (Lipinski definition) is 5. The zero-order valence-electron chi connectivity index (χ0n) is 16.1. The van der Waals surface area contributed by atoms with Crippen LogP contribution in [0.1, 0.15) is 24.0 Å². The molecule has 2 saturated heterocycles. The fraction of sp³-hybridized carbons (Fsp3) is 0.632. The number of nitrogens with one attached hydrogen (secondary N) is 2. The van der Waals surface area contributed by atoms with Crippen LogP contribution in [0.5, 0.6) is 5.75 Å². The van der Waals surface area contributed by atoms with Crippen molar-refractivity contribution in [2.24, 2.45) is 5.92 Å². The van der Waals surface area contributed by atoms with Gasteiger partial charge in [-0.05, 0) is 49.7 Å². The van der Waals surface area contributed by atoms with Crippen LogP contribution in [0.4, 0.5) is 17.6 Å². The normalized spacial score (nSPS) is 28.4. The summed E-state index contributed by atoms with van der Waals surface area (Å²) in [5.41, 5.74) is 5.94. The van der Waals surface area contributed by atoms with Gasteiger partial charge in [0.25, 0.3) is 0 Å². The number of carbonyl (C=O) groups excluding carboxylic acids is 1. The van der Waals surface area contributed by atoms with Crippen LogP contribution in [0.25, 0.3) is 0 Å². The second kappa shape index (κ2) is 7.73. The molecule has 1 amide bonds. The third kappa shape index (κ3) is 4.06. The Bertz CT molecular complexity index is 788. The van der Waals surface area contributed by atoms with E-state index in [9.17, 15) is 22.4 Å². The van der Waals surface area contributed by atoms with Gasteiger partial charge in [-0.3, -0.25) is 15.1 Å². The standard InChI is InChI=1S/C19H24F4N4O2/c1-26-4-2-3-13(26)10-29-16-6-12-9-27(8-11(12)5-14(16)20)15-7-24-25-18(28)17(15)19(21,22)23/h5-6,13,15,17,24H,2-4,7-10H2,1H3,(H,25,28). The number of benzene rings is 1. The molecule has 0 radical (unpaired) electrons. The van der Waals surface area contributed by atoms with Gasteiger partial charge in [-0.25, -0.2) is 9.82 Å². The molecule has 0 aromatic heterocycles. The van der Waals surface area contributed by atoms with Gasteiger partial charge in [-0.2, -0.15) is 13.2 Å². The van der Waals surface area contributed by atoms with Crippen molar-refractivity contribution < 1.29 is 27.1 Å². The monoisotopic (exact) mass is 416 g/mol. The fourth-order valence-corrected chi connectivity index (χ4v) is 4.47. The maximum Gasteiger partial charge on any atom is 0.402 e. The number of halogens is 4. The molecule has 3 heterocycles. The quantitative estimate of drug-likeness (QED) is 0.734. The average molecular weight is 416 g/mol. The SMILES string of the molecule is CN1CCCC1COc1cc2c(cc1F)CN(C1CNNC(=O)C1C(F)(F)F)C2. The molecule has 2 fully saturated rings. The van der Waals surface area contributed by atoms with Gasteiger partial charge in [0.05, 0.1) is 0 Å². The number of fused-ring (bicyclic) bond motifs is 1. The Hall–Kier alpha value is -1.91. The Morgan fingerprint density at radius 1 is 1.24 bits per heavy atom. The van der Waals surface area contributed by atoms with Crippen molar-refractivity contribution in [3.8, 4) is 5.75 Å². The minimum Gasteiger partial charge on any atom is -0.489 e. The number of nitrogens with zero attached hydrogens (tertiary/aromatic N) is 2. The topological polar surface area (TPSA) is 56.8 Å². The van der Waals surface area contributed by atoms with Crippen molar-refractivity contribution in [1.82, 2.24) is 20.7 Å². The average Bonchev–Trinajstić information content (AvgIpc) is 3.24. The van der Waals surface area contributed by atoms with Gasteiger partial charge in [0.1, 0.15) is 6.61 Å². The Balaban J connectivity index is 1.48. The molecule has 1 aromatic carbocycles. The predicted octanol–water partition coefficient (Wildman–Crippen LogP) is 1.80. The molecule has 3 atom stereocenters. The van der Waals surface area contributed by atoms with Crippen LogP contribution in [-0.4, -0.2) is 60.7 Å². The van der Waals surface area contributed by atoms with Crippen LogP contribution in [0.15, 0.2) is 12.1 Å². The first-order valence-electron chi connectivity index (χ1n) is 9.72. The van der Waals surface area contributed by atoms with Crippen molar-refractivity contribution >= 4 is 5.91 Å². The van der Waals surface area contributed by atoms with Crippen LogP contribution in [-0.2, 0) is 17.9 Å². The smallest absolute Gasteiger partial charge is 0.402 e. The van der Waals surface area contributed by atoms with Crippen molar-refractivity contribution in [2.75, 3.05) is 26.7 Å². The molecule has 3 unspecified atom stereocenters. The number of likely N-dealkylation sites (tertiary alicyclic amines) is 1. The van der Waals surface area contributed by atoms with Gasteiger partial charge in [-0.1, -0.05) is 0 Å². The highest BCUT2D eigenvalue weighted by Crippen LogP contribution is 2.37. The summed E-state index contributed by atoms with van der Waals surface area (Å²) in [6, 6.07) is 2.09. The molecule has 6 nitrogen and oxygen atoms in total. The molecule has 29 heavy (non-hydrogen) atoms. The second-order valence-corrected chi connectivity index (χ2v) is 8.00. The van der Waals surface area contributed by atoms with Gasteiger partial charge in [0.2, 0.25) is 5.91 Å². The lowest BCUT2D eigenvalue weighted by atomic mass is 9.95. The largest absolute Gasteiger partial charge is 0.489 e. The highest BCUT2D eigenvalue weighted by atomic mass is 19.4. The van der Waals surface area contributed by atoms with Crippen LogP contribution in [0.2, 0.25) is 0 Å². The fourth-order valence-electron chi connectivity index (χ4n) is 4.47. The maximum absolute atomic E-state index is 14.5. The summed E-state index contributed by atoms with van der Waals surface area (Å²) in [7, 11) is 2.00. The lowest BCUT2D eigenvalue weighted by molar-refractivity contribution is -0.201. The number of hydrogen-bond donors (Lipinski definition) is 2. The molecular formula is C19H24F4N4O2. The van der Waals surface area contributed by atoms with E-state index in [0.717, 1.165) is 24.9 Å². The first-order chi connectivity index (χ1) is 13.7. The number of carbonyl (C=O) groups is 1. The number of rotatable bonds is 4. The van der Waals surface area contributed by atoms with Gasteiger partial charge in [0.15, 0.2) is 17.5 Å². The van der Waals surface area contributed by atoms with Crippen molar-refractivity contribution in [1.29, 1.82) is 0 Å². The van der Waals surface area contributed by atoms with E-state index in [0.29, 0.717) is 12.2 Å². The Morgan fingerprint density at radius 3 is 2.62 bits per heavy atom. The van der Waals surface area contributed by atoms with Gasteiger partial charge < -0.3 is 9.64 Å². The first-order valence-corrected chi connectivity index (χ1v) is 9.72. The first kappa shape index (κ1) is 20.4. The van der Waals surface area contributed by atoms with E-state index < -0.39 is 29.9 Å². The summed E-state index contributed by atoms with van der Waals surface area (Å²) in [5.74, 6) is -3.62. The molecule has 2 N–H and O–H groups in total. The molecule has 3 aliphatic rings.